The Kier molecular flexibility index (Phi) is 5.86. The molecular weight excluding hydrogens is 358 g/mol. The molecule has 0 radical (unpaired) electrons. The predicted octanol–water partition coefficient (Wildman–Crippen LogP) is 3.87. The summed E-state index contributed by atoms with van der Waals surface area (Å²) < 4.78 is 9.87. The highest BCUT2D eigenvalue weighted by molar-refractivity contribution is 6.05. The number of anilines is 3. The number of carbonyl (C=O) groups excluding carboxylic acids is 2. The van der Waals surface area contributed by atoms with Gasteiger partial charge in [-0.15, -0.1) is 0 Å². The van der Waals surface area contributed by atoms with Crippen LogP contribution in [0.3, 0.4) is 0 Å². The molecule has 0 saturated carbocycles. The van der Waals surface area contributed by atoms with Gasteiger partial charge in [-0.3, -0.25) is 4.79 Å². The van der Waals surface area contributed by atoms with Crippen LogP contribution in [0, 0.1) is 0 Å². The van der Waals surface area contributed by atoms with Crippen LogP contribution in [-0.2, 0) is 4.74 Å². The summed E-state index contributed by atoms with van der Waals surface area (Å²) in [7, 11) is 2.86. The SMILES string of the molecule is COC(=O)c1ccc(Nc2ccc(NC(=O)c3ccccc3OC)nc2)cc1. The van der Waals surface area contributed by atoms with E-state index in [0.717, 1.165) is 11.4 Å². The average Bonchev–Trinajstić information content (AvgIpc) is 2.75. The number of ether oxygens (including phenoxy) is 2. The third kappa shape index (κ3) is 4.45. The molecular formula is C21H19N3O4. The predicted molar refractivity (Wildman–Crippen MR) is 106 cm³/mol. The molecule has 7 nitrogen and oxygen atoms in total. The van der Waals surface area contributed by atoms with Gasteiger partial charge < -0.3 is 20.1 Å². The maximum absolute atomic E-state index is 12.4. The van der Waals surface area contributed by atoms with Crippen molar-refractivity contribution in [3.05, 3.63) is 78.0 Å². The van der Waals surface area contributed by atoms with E-state index in [4.69, 9.17) is 4.74 Å². The Morgan fingerprint density at radius 1 is 0.893 bits per heavy atom. The molecule has 2 aromatic carbocycles. The van der Waals surface area contributed by atoms with Gasteiger partial charge in [-0.2, -0.15) is 0 Å². The van der Waals surface area contributed by atoms with Gasteiger partial charge in [0.1, 0.15) is 11.6 Å². The highest BCUT2D eigenvalue weighted by Gasteiger charge is 2.12. The van der Waals surface area contributed by atoms with E-state index in [1.54, 1.807) is 66.9 Å². The zero-order chi connectivity index (χ0) is 19.9. The van der Waals surface area contributed by atoms with Gasteiger partial charge in [0.2, 0.25) is 0 Å². The van der Waals surface area contributed by atoms with E-state index in [-0.39, 0.29) is 11.9 Å². The van der Waals surface area contributed by atoms with Gasteiger partial charge >= 0.3 is 5.97 Å². The van der Waals surface area contributed by atoms with Crippen molar-refractivity contribution >= 4 is 29.1 Å². The molecule has 0 aliphatic heterocycles. The van der Waals surface area contributed by atoms with Crippen LogP contribution < -0.4 is 15.4 Å². The first-order chi connectivity index (χ1) is 13.6. The molecule has 7 heteroatoms. The molecule has 142 valence electrons. The lowest BCUT2D eigenvalue weighted by Crippen LogP contribution is -2.14. The number of hydrogen-bond donors (Lipinski definition) is 2. The summed E-state index contributed by atoms with van der Waals surface area (Å²) in [4.78, 5) is 28.1. The molecule has 3 rings (SSSR count). The van der Waals surface area contributed by atoms with Gasteiger partial charge in [-0.1, -0.05) is 12.1 Å². The van der Waals surface area contributed by atoms with Crippen LogP contribution in [0.2, 0.25) is 0 Å². The Morgan fingerprint density at radius 3 is 2.25 bits per heavy atom. The fourth-order valence-electron chi connectivity index (χ4n) is 2.53. The van der Waals surface area contributed by atoms with Crippen molar-refractivity contribution in [2.75, 3.05) is 24.9 Å². The Balaban J connectivity index is 1.65. The summed E-state index contributed by atoms with van der Waals surface area (Å²) in [6, 6.07) is 17.3. The van der Waals surface area contributed by atoms with Gasteiger partial charge in [-0.25, -0.2) is 9.78 Å². The van der Waals surface area contributed by atoms with Crippen molar-refractivity contribution in [3.63, 3.8) is 0 Å². The van der Waals surface area contributed by atoms with Crippen LogP contribution in [0.1, 0.15) is 20.7 Å². The van der Waals surface area contributed by atoms with Crippen LogP contribution in [0.4, 0.5) is 17.2 Å². The lowest BCUT2D eigenvalue weighted by atomic mass is 10.2. The number of nitrogens with one attached hydrogen (secondary N) is 2. The van der Waals surface area contributed by atoms with E-state index in [1.807, 2.05) is 0 Å². The number of aromatic nitrogens is 1. The van der Waals surface area contributed by atoms with Crippen molar-refractivity contribution in [1.29, 1.82) is 0 Å². The standard InChI is InChI=1S/C21H19N3O4/c1-27-18-6-4-3-5-17(18)20(25)24-19-12-11-16(13-22-19)23-15-9-7-14(8-10-15)21(26)28-2/h3-13,23H,1-2H3,(H,22,24,25). The molecule has 2 N–H and O–H groups in total. The number of nitrogens with zero attached hydrogens (tertiary/aromatic N) is 1. The number of benzene rings is 2. The molecule has 0 spiro atoms. The fourth-order valence-corrected chi connectivity index (χ4v) is 2.53. The highest BCUT2D eigenvalue weighted by Crippen LogP contribution is 2.20. The second-order valence-electron chi connectivity index (χ2n) is 5.78. The first-order valence-electron chi connectivity index (χ1n) is 8.46. The monoisotopic (exact) mass is 377 g/mol. The molecule has 1 aromatic heterocycles. The van der Waals surface area contributed by atoms with Crippen molar-refractivity contribution in [1.82, 2.24) is 4.98 Å². The van der Waals surface area contributed by atoms with Crippen LogP contribution in [0.25, 0.3) is 0 Å². The lowest BCUT2D eigenvalue weighted by molar-refractivity contribution is 0.0600. The Morgan fingerprint density at radius 2 is 1.61 bits per heavy atom. The van der Waals surface area contributed by atoms with E-state index in [2.05, 4.69) is 20.4 Å². The molecule has 3 aromatic rings. The topological polar surface area (TPSA) is 89.6 Å². The normalized spacial score (nSPS) is 10.1. The minimum absolute atomic E-state index is 0.302. The smallest absolute Gasteiger partial charge is 0.337 e. The van der Waals surface area contributed by atoms with Gasteiger partial charge in [0.15, 0.2) is 0 Å². The number of methoxy groups -OCH3 is 2. The number of carbonyl (C=O) groups is 2. The molecule has 0 bridgehead atoms. The van der Waals surface area contributed by atoms with Gasteiger partial charge in [0.25, 0.3) is 5.91 Å². The number of rotatable bonds is 6. The van der Waals surface area contributed by atoms with E-state index >= 15 is 0 Å². The summed E-state index contributed by atoms with van der Waals surface area (Å²) in [6.45, 7) is 0. The second-order valence-corrected chi connectivity index (χ2v) is 5.78. The first kappa shape index (κ1) is 18.9. The van der Waals surface area contributed by atoms with E-state index in [0.29, 0.717) is 22.7 Å². The largest absolute Gasteiger partial charge is 0.496 e. The Bertz CT molecular complexity index is 970. The molecule has 0 aliphatic rings. The maximum Gasteiger partial charge on any atom is 0.337 e. The summed E-state index contributed by atoms with van der Waals surface area (Å²) in [6.07, 6.45) is 1.60. The molecule has 0 fully saturated rings. The van der Waals surface area contributed by atoms with E-state index < -0.39 is 0 Å². The molecule has 0 unspecified atom stereocenters. The van der Waals surface area contributed by atoms with E-state index in [1.165, 1.54) is 14.2 Å². The maximum atomic E-state index is 12.4. The van der Waals surface area contributed by atoms with Crippen molar-refractivity contribution in [2.45, 2.75) is 0 Å². The molecule has 1 heterocycles. The molecule has 0 atom stereocenters. The number of esters is 1. The molecule has 0 aliphatic carbocycles. The number of pyridine rings is 1. The molecule has 0 saturated heterocycles. The van der Waals surface area contributed by atoms with Crippen molar-refractivity contribution in [3.8, 4) is 5.75 Å². The third-order valence-electron chi connectivity index (χ3n) is 3.95. The minimum atomic E-state index is -0.386. The van der Waals surface area contributed by atoms with Crippen LogP contribution in [0.15, 0.2) is 66.9 Å². The summed E-state index contributed by atoms with van der Waals surface area (Å²) in [5.41, 5.74) is 2.43. The zero-order valence-electron chi connectivity index (χ0n) is 15.4. The second kappa shape index (κ2) is 8.68. The quantitative estimate of drug-likeness (QED) is 0.634. The highest BCUT2D eigenvalue weighted by atomic mass is 16.5. The summed E-state index contributed by atoms with van der Waals surface area (Å²) in [5, 5.41) is 5.91. The average molecular weight is 377 g/mol. The van der Waals surface area contributed by atoms with Crippen LogP contribution in [0.5, 0.6) is 5.75 Å². The molecule has 1 amide bonds. The Labute approximate surface area is 162 Å². The number of hydrogen-bond acceptors (Lipinski definition) is 6. The number of para-hydroxylation sites is 1. The van der Waals surface area contributed by atoms with Gasteiger partial charge in [-0.05, 0) is 48.5 Å². The summed E-state index contributed by atoms with van der Waals surface area (Å²) >= 11 is 0. The summed E-state index contributed by atoms with van der Waals surface area (Å²) in [5.74, 6) is 0.226. The lowest BCUT2D eigenvalue weighted by Gasteiger charge is -2.10. The van der Waals surface area contributed by atoms with Crippen LogP contribution in [-0.4, -0.2) is 31.1 Å². The van der Waals surface area contributed by atoms with Gasteiger partial charge in [0, 0.05) is 5.69 Å². The minimum Gasteiger partial charge on any atom is -0.496 e. The third-order valence-corrected chi connectivity index (χ3v) is 3.95. The fraction of sp³-hybridized carbons (Fsp3) is 0.0952. The Hall–Kier alpha value is -3.87. The molecule has 28 heavy (non-hydrogen) atoms. The van der Waals surface area contributed by atoms with Gasteiger partial charge in [0.05, 0.1) is 37.2 Å². The van der Waals surface area contributed by atoms with E-state index in [9.17, 15) is 9.59 Å². The van der Waals surface area contributed by atoms with Crippen molar-refractivity contribution < 1.29 is 19.1 Å². The first-order valence-corrected chi connectivity index (χ1v) is 8.46. The zero-order valence-corrected chi connectivity index (χ0v) is 15.4. The van der Waals surface area contributed by atoms with Crippen LogP contribution >= 0.6 is 0 Å². The van der Waals surface area contributed by atoms with Crippen molar-refractivity contribution in [2.24, 2.45) is 0 Å². The number of amides is 1.